The van der Waals surface area contributed by atoms with Crippen LogP contribution in [0.25, 0.3) is 5.57 Å². The van der Waals surface area contributed by atoms with Crippen molar-refractivity contribution in [3.05, 3.63) is 40.1 Å². The molecule has 0 atom stereocenters. The van der Waals surface area contributed by atoms with Crippen LogP contribution in [0.4, 0.5) is 0 Å². The third-order valence-corrected chi connectivity index (χ3v) is 5.58. The molecule has 1 aliphatic rings. The average molecular weight is 424 g/mol. The molecular weight excluding hydrogens is 394 g/mol. The summed E-state index contributed by atoms with van der Waals surface area (Å²) in [5.74, 6) is 1.05. The Labute approximate surface area is 177 Å². The maximum Gasteiger partial charge on any atom is 0.282 e. The topological polar surface area (TPSA) is 48.0 Å². The molecule has 0 unspecified atom stereocenters. The minimum Gasteiger partial charge on any atom is -0.441 e. The van der Waals surface area contributed by atoms with E-state index in [9.17, 15) is 4.79 Å². The molecule has 0 bridgehead atoms. The van der Waals surface area contributed by atoms with Gasteiger partial charge in [0.2, 0.25) is 4.38 Å². The number of carbonyl (C=O) groups excluding carboxylic acids is 1. The van der Waals surface area contributed by atoms with Crippen LogP contribution in [0.3, 0.4) is 0 Å². The predicted octanol–water partition coefficient (Wildman–Crippen LogP) is 4.92. The number of aryl methyl sites for hydroxylation is 3. The van der Waals surface area contributed by atoms with E-state index < -0.39 is 5.54 Å². The maximum absolute atomic E-state index is 13.4. The molecule has 154 valence electrons. The fourth-order valence-corrected chi connectivity index (χ4v) is 4.26. The van der Waals surface area contributed by atoms with Gasteiger partial charge in [-0.25, -0.2) is 9.90 Å². The van der Waals surface area contributed by atoms with Crippen LogP contribution >= 0.6 is 24.0 Å². The van der Waals surface area contributed by atoms with Gasteiger partial charge in [-0.2, -0.15) is 0 Å². The number of hydrogen-bond acceptors (Lipinski definition) is 6. The minimum absolute atomic E-state index is 0.00769. The van der Waals surface area contributed by atoms with Crippen molar-refractivity contribution in [3.63, 3.8) is 0 Å². The summed E-state index contributed by atoms with van der Waals surface area (Å²) in [5.41, 5.74) is 3.71. The second kappa shape index (κ2) is 9.39. The Kier molecular flexibility index (Phi) is 7.67. The number of rotatable bonds is 7. The van der Waals surface area contributed by atoms with E-state index in [2.05, 4.69) is 12.1 Å². The molecule has 5 nitrogen and oxygen atoms in total. The van der Waals surface area contributed by atoms with Crippen LogP contribution in [-0.4, -0.2) is 40.0 Å². The summed E-state index contributed by atoms with van der Waals surface area (Å²) in [6.07, 6.45) is 0. The van der Waals surface area contributed by atoms with Crippen LogP contribution in [0.1, 0.15) is 49.9 Å². The van der Waals surface area contributed by atoms with Gasteiger partial charge in [0.05, 0.1) is 5.57 Å². The molecule has 1 amide bonds. The molecule has 0 saturated carbocycles. The molecule has 1 heterocycles. The van der Waals surface area contributed by atoms with E-state index in [0.717, 1.165) is 28.0 Å². The molecule has 0 spiro atoms. The average Bonchev–Trinajstić information content (AvgIpc) is 2.76. The van der Waals surface area contributed by atoms with E-state index >= 15 is 0 Å². The lowest BCUT2D eigenvalue weighted by molar-refractivity contribution is -0.242. The normalized spacial score (nSPS) is 16.1. The minimum atomic E-state index is -0.828. The molecule has 1 aromatic rings. The lowest BCUT2D eigenvalue weighted by atomic mass is 9.91. The van der Waals surface area contributed by atoms with Gasteiger partial charge < -0.3 is 9.47 Å². The zero-order valence-electron chi connectivity index (χ0n) is 17.7. The third kappa shape index (κ3) is 4.59. The van der Waals surface area contributed by atoms with Gasteiger partial charge >= 0.3 is 0 Å². The quantitative estimate of drug-likeness (QED) is 0.352. The SMILES string of the molecule is CCOCON1C(=O)C(c2c(C)cc(C)cc2C)=C(OC(=S)SCC)C1(C)C. The van der Waals surface area contributed by atoms with E-state index in [1.807, 2.05) is 48.5 Å². The molecule has 0 radical (unpaired) electrons. The van der Waals surface area contributed by atoms with Crippen molar-refractivity contribution >= 4 is 39.8 Å². The van der Waals surface area contributed by atoms with Gasteiger partial charge in [-0.3, -0.25) is 4.79 Å². The first-order chi connectivity index (χ1) is 13.1. The number of hydrogen-bond donors (Lipinski definition) is 0. The van der Waals surface area contributed by atoms with Crippen LogP contribution in [0.15, 0.2) is 17.9 Å². The fourth-order valence-electron chi connectivity index (χ4n) is 3.45. The zero-order chi connectivity index (χ0) is 21.1. The van der Waals surface area contributed by atoms with Gasteiger partial charge in [0.25, 0.3) is 5.91 Å². The highest BCUT2D eigenvalue weighted by Gasteiger charge is 2.50. The van der Waals surface area contributed by atoms with Crippen molar-refractivity contribution in [2.24, 2.45) is 0 Å². The number of thioether (sulfide) groups is 1. The van der Waals surface area contributed by atoms with Crippen molar-refractivity contribution in [2.75, 3.05) is 19.2 Å². The monoisotopic (exact) mass is 423 g/mol. The molecule has 7 heteroatoms. The second-order valence-corrected chi connectivity index (χ2v) is 9.03. The molecule has 0 N–H and O–H groups in total. The Morgan fingerprint density at radius 1 is 1.18 bits per heavy atom. The number of ether oxygens (including phenoxy) is 2. The Morgan fingerprint density at radius 2 is 1.79 bits per heavy atom. The van der Waals surface area contributed by atoms with E-state index in [1.165, 1.54) is 16.8 Å². The van der Waals surface area contributed by atoms with Crippen molar-refractivity contribution in [3.8, 4) is 0 Å². The van der Waals surface area contributed by atoms with E-state index in [-0.39, 0.29) is 12.7 Å². The van der Waals surface area contributed by atoms with Gasteiger partial charge in [-0.05, 0) is 76.2 Å². The Balaban J connectivity index is 2.60. The summed E-state index contributed by atoms with van der Waals surface area (Å²) in [4.78, 5) is 19.1. The van der Waals surface area contributed by atoms with E-state index in [4.69, 9.17) is 26.5 Å². The first-order valence-corrected chi connectivity index (χ1v) is 10.8. The molecule has 1 aromatic carbocycles. The molecular formula is C21H29NO4S2. The van der Waals surface area contributed by atoms with Gasteiger partial charge in [-0.1, -0.05) is 36.4 Å². The summed E-state index contributed by atoms with van der Waals surface area (Å²) < 4.78 is 11.8. The summed E-state index contributed by atoms with van der Waals surface area (Å²) in [7, 11) is 0. The third-order valence-electron chi connectivity index (χ3n) is 4.53. The van der Waals surface area contributed by atoms with Crippen LogP contribution < -0.4 is 0 Å². The number of benzene rings is 1. The Hall–Kier alpha value is -1.41. The van der Waals surface area contributed by atoms with Crippen molar-refractivity contribution in [1.82, 2.24) is 5.06 Å². The van der Waals surface area contributed by atoms with Crippen LogP contribution in [-0.2, 0) is 19.1 Å². The summed E-state index contributed by atoms with van der Waals surface area (Å²) in [6, 6.07) is 4.13. The smallest absolute Gasteiger partial charge is 0.282 e. The molecule has 1 aliphatic heterocycles. The number of thiocarbonyl (C=S) groups is 1. The number of nitrogens with zero attached hydrogens (tertiary/aromatic N) is 1. The zero-order valence-corrected chi connectivity index (χ0v) is 19.3. The van der Waals surface area contributed by atoms with Crippen molar-refractivity contribution in [2.45, 2.75) is 54.0 Å². The van der Waals surface area contributed by atoms with Crippen LogP contribution in [0.2, 0.25) is 0 Å². The van der Waals surface area contributed by atoms with Gasteiger partial charge in [0.1, 0.15) is 11.3 Å². The number of amides is 1. The first-order valence-electron chi connectivity index (χ1n) is 9.37. The summed E-state index contributed by atoms with van der Waals surface area (Å²) >= 11 is 6.81. The van der Waals surface area contributed by atoms with E-state index in [1.54, 1.807) is 0 Å². The second-order valence-electron chi connectivity index (χ2n) is 7.16. The predicted molar refractivity (Wildman–Crippen MR) is 118 cm³/mol. The number of carbonyl (C=O) groups is 1. The summed E-state index contributed by atoms with van der Waals surface area (Å²) in [5, 5.41) is 1.34. The van der Waals surface area contributed by atoms with Crippen molar-refractivity contribution < 1.29 is 19.1 Å². The fraction of sp³-hybridized carbons (Fsp3) is 0.524. The molecule has 0 aromatic heterocycles. The van der Waals surface area contributed by atoms with Gasteiger partial charge in [-0.15, -0.1) is 0 Å². The Morgan fingerprint density at radius 3 is 2.32 bits per heavy atom. The van der Waals surface area contributed by atoms with Crippen molar-refractivity contribution in [1.29, 1.82) is 0 Å². The highest BCUT2D eigenvalue weighted by molar-refractivity contribution is 8.22. The molecule has 0 aliphatic carbocycles. The number of hydroxylamine groups is 2. The highest BCUT2D eigenvalue weighted by atomic mass is 32.2. The highest BCUT2D eigenvalue weighted by Crippen LogP contribution is 2.43. The molecule has 2 rings (SSSR count). The van der Waals surface area contributed by atoms with E-state index in [0.29, 0.717) is 22.3 Å². The van der Waals surface area contributed by atoms with Crippen LogP contribution in [0.5, 0.6) is 0 Å². The standard InChI is InChI=1S/C21H29NO4S2/c1-8-24-12-25-22-19(23)17(16-14(4)10-13(3)11-15(16)5)18(21(22,6)7)26-20(27)28-9-2/h10-11H,8-9,12H2,1-7H3. The molecule has 0 fully saturated rings. The molecule has 0 saturated heterocycles. The lowest BCUT2D eigenvalue weighted by Gasteiger charge is -2.31. The largest absolute Gasteiger partial charge is 0.441 e. The van der Waals surface area contributed by atoms with Gasteiger partial charge in [0.15, 0.2) is 6.79 Å². The first kappa shape index (κ1) is 22.9. The van der Waals surface area contributed by atoms with Gasteiger partial charge in [0, 0.05) is 6.61 Å². The molecule has 28 heavy (non-hydrogen) atoms. The van der Waals surface area contributed by atoms with Crippen LogP contribution in [0, 0.1) is 20.8 Å². The lowest BCUT2D eigenvalue weighted by Crippen LogP contribution is -2.44. The summed E-state index contributed by atoms with van der Waals surface area (Å²) in [6.45, 7) is 14.2. The maximum atomic E-state index is 13.4. The Bertz CT molecular complexity index is 779.